The van der Waals surface area contributed by atoms with E-state index in [1.165, 1.54) is 26.4 Å². The highest BCUT2D eigenvalue weighted by atomic mass is 16.4. The lowest BCUT2D eigenvalue weighted by atomic mass is 10.0. The van der Waals surface area contributed by atoms with Gasteiger partial charge in [-0.3, -0.25) is 112 Å². The number of nitrogens with one attached hydrogen (secondary N) is 22. The zero-order valence-corrected chi connectivity index (χ0v) is 77.3. The first-order chi connectivity index (χ1) is 65.2. The number of aliphatic hydroxyl groups is 6. The molecule has 0 aliphatic carbocycles. The molecule has 0 spiro atoms. The molecule has 0 aromatic carbocycles. The molecule has 0 radical (unpaired) electrons. The van der Waals surface area contributed by atoms with Gasteiger partial charge >= 0.3 is 23.9 Å². The van der Waals surface area contributed by atoms with Gasteiger partial charge in [0, 0.05) is 70.2 Å². The molecule has 0 unspecified atom stereocenters. The molecule has 139 heavy (non-hydrogen) atoms. The van der Waals surface area contributed by atoms with E-state index in [1.54, 1.807) is 0 Å². The predicted molar refractivity (Wildman–Crippen MR) is 480 cm³/mol. The molecule has 42 N–H and O–H groups in total. The second-order valence-electron chi connectivity index (χ2n) is 32.9. The van der Waals surface area contributed by atoms with Gasteiger partial charge in [-0.1, -0.05) is 13.8 Å². The van der Waals surface area contributed by atoms with Crippen molar-refractivity contribution in [2.24, 2.45) is 34.6 Å². The second kappa shape index (κ2) is 61.7. The molecule has 2 rings (SSSR count). The Morgan fingerprint density at radius 2 is 0.719 bits per heavy atom. The van der Waals surface area contributed by atoms with Gasteiger partial charge in [0.25, 0.3) is 0 Å². The summed E-state index contributed by atoms with van der Waals surface area (Å²) in [7, 11) is 0. The second-order valence-corrected chi connectivity index (χ2v) is 32.9. The number of rotatable bonds is 66. The zero-order valence-electron chi connectivity index (χ0n) is 77.3. The maximum absolute atomic E-state index is 14.5. The number of amides is 17. The quantitative estimate of drug-likeness (QED) is 0.0164. The standard InChI is InChI=1S/C79H133N29O31/c1-34(2)27-47(100-64(126)45(17-21-55(118)119)99-73(135)58(37(5)113)107-70(132)50(31-110)102-71(133)52-14-10-26-108(52)75(137)40(80)15-19-53(81)115)67(129)97-44(16-20-54(116)117)63(125)96-46(18-22-56(120)121)66(128)106-57(36(4)112)72(134)98-43(13-9-25-91-79(86)87)65(127)105-59(38(6)114)74(136)103-49(30-109)69(131)95-41(11-7-23-89-77(82)83)61(123)93-35(3)60(122)94-42(12-8-24-90-78(84)85)62(124)101-48(28-39-29-88-33-92-39)68(130)104-51(32-111)76(138)139/h29,33-38,40-52,57-59,109-114H,7-28,30-32,80H2,1-6H3,(H2,81,115)(H,88,92)(H,93,123)(H,94,122)(H,95,131)(H,96,125)(H,97,129)(H,98,134)(H,99,135)(H,100,126)(H,101,124)(H,102,133)(H,103,136)(H,104,130)(H,105,127)(H,106,128)(H,107,132)(H,116,117)(H,118,119)(H,120,121)(H,138,139)(H4,82,83,89)(H4,84,85,90)(H4,86,87,91)/t35-,36+,37+,38+,40-,41-,42-,43-,44-,45-,46-,47-,48-,49-,50-,51-,52-,57-,58-,59-/m0/s1. The van der Waals surface area contributed by atoms with Gasteiger partial charge in [-0.05, 0) is 117 Å². The number of guanidine groups is 3. The molecule has 1 saturated heterocycles. The van der Waals surface area contributed by atoms with E-state index >= 15 is 0 Å². The Hall–Kier alpha value is -14.4. The molecule has 780 valence electrons. The molecule has 1 fully saturated rings. The molecule has 60 heteroatoms. The van der Waals surface area contributed by atoms with Crippen LogP contribution in [0.5, 0.6) is 0 Å². The predicted octanol–water partition coefficient (Wildman–Crippen LogP) is -15.5. The SMILES string of the molecule is CC(C)C[C@H](NC(=O)[C@H](CCC(=O)O)NC(=O)[C@@H](NC(=O)[C@H](CO)NC(=O)[C@@H]1CCCN1C(=O)[C@@H](N)CCC(N)=O)[C@@H](C)O)C(=O)N[C@@H](CCC(=O)O)C(=O)N[C@@H](CCC(=O)O)C(=O)N[C@H](C(=O)N[C@@H](CCCNC(=N)N)C(=O)N[C@H](C(=O)N[C@@H](CO)C(=O)N[C@@H](CCCNC(=N)N)C(=O)N[C@@H](C)C(=O)N[C@@H](CCCNC(=N)N)C(=O)N[C@@H](Cc1cnc[nH]1)C(=O)N[C@@H](CO)C(=O)O)[C@@H](C)O)[C@@H](C)O. The molecular formula is C79H133N29O31. The minimum atomic E-state index is -2.22. The Bertz CT molecular complexity index is 4410. The van der Waals surface area contributed by atoms with Gasteiger partial charge in [-0.25, -0.2) is 9.78 Å². The van der Waals surface area contributed by atoms with Crippen LogP contribution in [0.1, 0.15) is 156 Å². The summed E-state index contributed by atoms with van der Waals surface area (Å²) in [6, 6.07) is -31.0. The summed E-state index contributed by atoms with van der Waals surface area (Å²) in [6.45, 7) is 3.26. The fourth-order valence-electron chi connectivity index (χ4n) is 13.4. The van der Waals surface area contributed by atoms with Gasteiger partial charge in [0.05, 0.1) is 50.5 Å². The van der Waals surface area contributed by atoms with E-state index in [-0.39, 0.29) is 96.1 Å². The summed E-state index contributed by atoms with van der Waals surface area (Å²) >= 11 is 0. The van der Waals surface area contributed by atoms with Crippen LogP contribution in [-0.4, -0.2) is 375 Å². The van der Waals surface area contributed by atoms with Crippen molar-refractivity contribution < 1.29 is 152 Å². The van der Waals surface area contributed by atoms with Crippen LogP contribution in [-0.2, 0) is 107 Å². The number of primary amides is 1. The number of hydrogen-bond donors (Lipinski definition) is 37. The number of carboxylic acids is 4. The summed E-state index contributed by atoms with van der Waals surface area (Å²) in [4.78, 5) is 292. The number of H-pyrrole nitrogens is 1. The number of nitrogens with two attached hydrogens (primary N) is 5. The number of likely N-dealkylation sites (tertiary alicyclic amines) is 1. The topological polar surface area (TPSA) is 1010 Å². The van der Waals surface area contributed by atoms with E-state index in [9.17, 15) is 152 Å². The number of aromatic nitrogens is 2. The number of aromatic amines is 1. The van der Waals surface area contributed by atoms with Crippen LogP contribution in [0.2, 0.25) is 0 Å². The number of aliphatic carboxylic acids is 4. The minimum absolute atomic E-state index is 0.00636. The number of imidazole rings is 1. The van der Waals surface area contributed by atoms with Crippen molar-refractivity contribution in [2.45, 2.75) is 278 Å². The molecule has 60 nitrogen and oxygen atoms in total. The molecule has 1 aliphatic rings. The number of carbonyl (C=O) groups is 21. The van der Waals surface area contributed by atoms with Gasteiger partial charge < -0.3 is 185 Å². The molecule has 2 heterocycles. The van der Waals surface area contributed by atoms with Crippen LogP contribution >= 0.6 is 0 Å². The van der Waals surface area contributed by atoms with E-state index in [0.717, 1.165) is 32.6 Å². The average Bonchev–Trinajstić information content (AvgIpc) is 1.72. The molecule has 17 amide bonds. The number of carboxylic acid groups (broad SMARTS) is 4. The highest BCUT2D eigenvalue weighted by Gasteiger charge is 2.43. The smallest absolute Gasteiger partial charge is 0.328 e. The summed E-state index contributed by atoms with van der Waals surface area (Å²) in [5.41, 5.74) is 27.7. The first-order valence-corrected chi connectivity index (χ1v) is 44.0. The molecule has 20 atom stereocenters. The fraction of sp³-hybridized carbons (Fsp3) is 0.658. The average molecular weight is 1990 g/mol. The molecule has 1 aromatic rings. The van der Waals surface area contributed by atoms with Crippen molar-refractivity contribution >= 4 is 142 Å². The Morgan fingerprint density at radius 1 is 0.403 bits per heavy atom. The van der Waals surface area contributed by atoms with Crippen LogP contribution in [0.3, 0.4) is 0 Å². The number of nitrogens with zero attached hydrogens (tertiary/aromatic N) is 2. The maximum atomic E-state index is 14.5. The van der Waals surface area contributed by atoms with Crippen LogP contribution < -0.4 is 124 Å². The monoisotopic (exact) mass is 1980 g/mol. The van der Waals surface area contributed by atoms with Gasteiger partial charge in [-0.15, -0.1) is 0 Å². The summed E-state index contributed by atoms with van der Waals surface area (Å²) < 4.78 is 0. The largest absolute Gasteiger partial charge is 0.481 e. The third-order valence-corrected chi connectivity index (χ3v) is 20.9. The lowest BCUT2D eigenvalue weighted by molar-refractivity contribution is -0.143. The first kappa shape index (κ1) is 121. The van der Waals surface area contributed by atoms with Crippen molar-refractivity contribution in [1.29, 1.82) is 16.2 Å². The van der Waals surface area contributed by atoms with Crippen LogP contribution in [0.15, 0.2) is 12.5 Å². The van der Waals surface area contributed by atoms with Crippen LogP contribution in [0, 0.1) is 22.1 Å². The van der Waals surface area contributed by atoms with Crippen LogP contribution in [0.4, 0.5) is 0 Å². The van der Waals surface area contributed by atoms with Crippen molar-refractivity contribution in [2.75, 3.05) is 46.0 Å². The van der Waals surface area contributed by atoms with Crippen molar-refractivity contribution in [3.63, 3.8) is 0 Å². The van der Waals surface area contributed by atoms with Gasteiger partial charge in [0.1, 0.15) is 96.7 Å². The summed E-state index contributed by atoms with van der Waals surface area (Å²) in [6.07, 6.45) is -10.7. The first-order valence-electron chi connectivity index (χ1n) is 44.0. The molecule has 1 aromatic heterocycles. The molecular weight excluding hydrogens is 1850 g/mol. The highest BCUT2D eigenvalue weighted by Crippen LogP contribution is 2.21. The van der Waals surface area contributed by atoms with E-state index in [1.807, 2.05) is 0 Å². The van der Waals surface area contributed by atoms with Crippen LogP contribution in [0.25, 0.3) is 0 Å². The lowest BCUT2D eigenvalue weighted by Gasteiger charge is -2.30. The number of aliphatic hydroxyl groups excluding tert-OH is 6. The number of hydrogen-bond acceptors (Lipinski definition) is 32. The Labute approximate surface area is 794 Å². The zero-order chi connectivity index (χ0) is 105. The van der Waals surface area contributed by atoms with E-state index in [2.05, 4.69) is 106 Å². The van der Waals surface area contributed by atoms with Crippen molar-refractivity contribution in [3.8, 4) is 0 Å². The Morgan fingerprint density at radius 3 is 1.07 bits per heavy atom. The van der Waals surface area contributed by atoms with Gasteiger partial charge in [0.15, 0.2) is 17.9 Å². The number of carbonyl (C=O) groups excluding carboxylic acids is 17. The third kappa shape index (κ3) is 45.0. The molecule has 1 aliphatic heterocycles. The Kier molecular flexibility index (Phi) is 53.5. The van der Waals surface area contributed by atoms with Gasteiger partial charge in [-0.2, -0.15) is 0 Å². The summed E-state index contributed by atoms with van der Waals surface area (Å²) in [5, 5.41) is 166. The molecule has 0 saturated carbocycles. The summed E-state index contributed by atoms with van der Waals surface area (Å²) in [5.74, 6) is -29.1. The minimum Gasteiger partial charge on any atom is -0.481 e. The fourth-order valence-corrected chi connectivity index (χ4v) is 13.4. The van der Waals surface area contributed by atoms with Gasteiger partial charge in [0.2, 0.25) is 100 Å². The third-order valence-electron chi connectivity index (χ3n) is 20.9. The normalized spacial score (nSPS) is 16.3. The molecule has 0 bridgehead atoms. The van der Waals surface area contributed by atoms with E-state index in [0.29, 0.717) is 6.42 Å². The van der Waals surface area contributed by atoms with Crippen molar-refractivity contribution in [3.05, 3.63) is 18.2 Å². The van der Waals surface area contributed by atoms with Crippen molar-refractivity contribution in [1.82, 2.24) is 111 Å². The lowest BCUT2D eigenvalue weighted by Crippen LogP contribution is -2.63. The van der Waals surface area contributed by atoms with E-state index < -0.39 is 334 Å². The van der Waals surface area contributed by atoms with E-state index in [4.69, 9.17) is 44.9 Å². The highest BCUT2D eigenvalue weighted by molar-refractivity contribution is 6.02. The maximum Gasteiger partial charge on any atom is 0.328 e. The Balaban J connectivity index is 2.53.